The largest absolute Gasteiger partial charge is 0.480 e. The van der Waals surface area contributed by atoms with Gasteiger partial charge in [0.15, 0.2) is 0 Å². The zero-order chi connectivity index (χ0) is 15.2. The van der Waals surface area contributed by atoms with Gasteiger partial charge in [-0.25, -0.2) is 4.98 Å². The lowest BCUT2D eigenvalue weighted by Gasteiger charge is -2.21. The van der Waals surface area contributed by atoms with Gasteiger partial charge in [-0.05, 0) is 32.9 Å². The number of hydrogen-bond acceptors (Lipinski definition) is 6. The fourth-order valence-corrected chi connectivity index (χ4v) is 2.20. The van der Waals surface area contributed by atoms with Crippen molar-refractivity contribution in [2.75, 3.05) is 13.7 Å². The first-order valence-electron chi connectivity index (χ1n) is 7.06. The molecule has 21 heavy (non-hydrogen) atoms. The normalized spacial score (nSPS) is 12.2. The van der Waals surface area contributed by atoms with E-state index in [2.05, 4.69) is 32.4 Å². The Morgan fingerprint density at radius 3 is 2.67 bits per heavy atom. The van der Waals surface area contributed by atoms with Crippen molar-refractivity contribution in [1.82, 2.24) is 25.5 Å². The summed E-state index contributed by atoms with van der Waals surface area (Å²) in [5.74, 6) is 0.528. The second kappa shape index (κ2) is 7.08. The maximum Gasteiger partial charge on any atom is 0.237 e. The molecule has 0 radical (unpaired) electrons. The third-order valence-electron chi connectivity index (χ3n) is 3.21. The van der Waals surface area contributed by atoms with Gasteiger partial charge < -0.3 is 10.1 Å². The summed E-state index contributed by atoms with van der Waals surface area (Å²) in [6.07, 6.45) is 4.33. The lowest BCUT2D eigenvalue weighted by Crippen LogP contribution is -2.26. The summed E-state index contributed by atoms with van der Waals surface area (Å²) in [6.45, 7) is 6.87. The minimum Gasteiger partial charge on any atom is -0.480 e. The molecule has 6 nitrogen and oxygen atoms in total. The molecule has 0 aliphatic heterocycles. The number of aryl methyl sites for hydroxylation is 2. The maximum atomic E-state index is 5.35. The monoisotopic (exact) mass is 287 g/mol. The van der Waals surface area contributed by atoms with E-state index in [9.17, 15) is 0 Å². The highest BCUT2D eigenvalue weighted by Crippen LogP contribution is 2.27. The predicted molar refractivity (Wildman–Crippen MR) is 80.2 cm³/mol. The molecule has 0 aliphatic carbocycles. The summed E-state index contributed by atoms with van der Waals surface area (Å²) in [6, 6.07) is 1.92. The minimum absolute atomic E-state index is 0.109. The molecule has 112 valence electrons. The van der Waals surface area contributed by atoms with Crippen LogP contribution in [-0.4, -0.2) is 33.8 Å². The van der Waals surface area contributed by atoms with E-state index in [-0.39, 0.29) is 6.04 Å². The van der Waals surface area contributed by atoms with Crippen LogP contribution in [0, 0.1) is 13.8 Å². The van der Waals surface area contributed by atoms with Gasteiger partial charge in [0.1, 0.15) is 5.69 Å². The molecule has 2 heterocycles. The number of aromatic nitrogens is 4. The van der Waals surface area contributed by atoms with E-state index < -0.39 is 0 Å². The molecule has 0 spiro atoms. The van der Waals surface area contributed by atoms with E-state index in [1.165, 1.54) is 0 Å². The smallest absolute Gasteiger partial charge is 0.237 e. The van der Waals surface area contributed by atoms with Crippen LogP contribution in [0.3, 0.4) is 0 Å². The molecular formula is C15H21N5O. The van der Waals surface area contributed by atoms with Gasteiger partial charge in [0.2, 0.25) is 5.88 Å². The quantitative estimate of drug-likeness (QED) is 0.876. The second-order valence-corrected chi connectivity index (χ2v) is 4.86. The number of ether oxygens (including phenoxy) is 1. The average molecular weight is 287 g/mol. The van der Waals surface area contributed by atoms with Gasteiger partial charge in [0, 0.05) is 18.0 Å². The first-order valence-corrected chi connectivity index (χ1v) is 7.06. The van der Waals surface area contributed by atoms with Gasteiger partial charge in [0.05, 0.1) is 24.5 Å². The Morgan fingerprint density at radius 1 is 1.19 bits per heavy atom. The first-order chi connectivity index (χ1) is 10.2. The van der Waals surface area contributed by atoms with Crippen LogP contribution in [0.2, 0.25) is 0 Å². The van der Waals surface area contributed by atoms with Crippen LogP contribution in [-0.2, 0) is 0 Å². The summed E-state index contributed by atoms with van der Waals surface area (Å²) in [7, 11) is 1.60. The molecule has 0 saturated heterocycles. The summed E-state index contributed by atoms with van der Waals surface area (Å²) in [5.41, 5.74) is 3.57. The Bertz CT molecular complexity index is 602. The molecule has 2 rings (SSSR count). The number of rotatable bonds is 6. The third-order valence-corrected chi connectivity index (χ3v) is 3.21. The molecule has 1 unspecified atom stereocenters. The van der Waals surface area contributed by atoms with E-state index >= 15 is 0 Å². The number of hydrogen-bond donors (Lipinski definition) is 1. The summed E-state index contributed by atoms with van der Waals surface area (Å²) in [5, 5.41) is 11.8. The molecule has 0 aromatic carbocycles. The molecular weight excluding hydrogens is 266 g/mol. The molecule has 0 amide bonds. The molecule has 0 saturated carbocycles. The van der Waals surface area contributed by atoms with Gasteiger partial charge in [-0.2, -0.15) is 10.2 Å². The molecule has 1 atom stereocenters. The van der Waals surface area contributed by atoms with Crippen LogP contribution in [0.4, 0.5) is 0 Å². The fraction of sp³-hybridized carbons (Fsp3) is 0.467. The van der Waals surface area contributed by atoms with Gasteiger partial charge in [-0.15, -0.1) is 0 Å². The van der Waals surface area contributed by atoms with Crippen LogP contribution in [0.5, 0.6) is 5.88 Å². The zero-order valence-electron chi connectivity index (χ0n) is 12.9. The van der Waals surface area contributed by atoms with Crippen molar-refractivity contribution in [3.8, 4) is 5.88 Å². The topological polar surface area (TPSA) is 72.8 Å². The average Bonchev–Trinajstić information content (AvgIpc) is 2.51. The lowest BCUT2D eigenvalue weighted by atomic mass is 10.0. The Kier molecular flexibility index (Phi) is 5.16. The minimum atomic E-state index is -0.109. The summed E-state index contributed by atoms with van der Waals surface area (Å²) in [4.78, 5) is 8.69. The van der Waals surface area contributed by atoms with Crippen LogP contribution in [0.25, 0.3) is 0 Å². The molecule has 0 fully saturated rings. The Morgan fingerprint density at radius 2 is 1.95 bits per heavy atom. The zero-order valence-corrected chi connectivity index (χ0v) is 12.9. The maximum absolute atomic E-state index is 5.35. The molecule has 0 aliphatic rings. The van der Waals surface area contributed by atoms with Crippen LogP contribution in [0.1, 0.15) is 42.0 Å². The van der Waals surface area contributed by atoms with Crippen LogP contribution in [0.15, 0.2) is 18.5 Å². The fourth-order valence-electron chi connectivity index (χ4n) is 2.20. The summed E-state index contributed by atoms with van der Waals surface area (Å²) < 4.78 is 5.35. The number of nitrogens with zero attached hydrogens (tertiary/aromatic N) is 4. The lowest BCUT2D eigenvalue weighted by molar-refractivity contribution is 0.382. The van der Waals surface area contributed by atoms with Crippen molar-refractivity contribution in [3.63, 3.8) is 0 Å². The van der Waals surface area contributed by atoms with Crippen molar-refractivity contribution < 1.29 is 4.74 Å². The van der Waals surface area contributed by atoms with E-state index in [0.29, 0.717) is 5.88 Å². The summed E-state index contributed by atoms with van der Waals surface area (Å²) >= 11 is 0. The SMILES string of the molecule is CCCNC(c1cc(C)nnc1C)c1nccnc1OC. The van der Waals surface area contributed by atoms with Crippen molar-refractivity contribution in [3.05, 3.63) is 41.1 Å². The van der Waals surface area contributed by atoms with E-state index in [4.69, 9.17) is 4.74 Å². The standard InChI is InChI=1S/C15H21N5O/c1-5-6-16-13(12-9-10(2)19-20-11(12)3)14-15(21-4)18-8-7-17-14/h7-9,13,16H,5-6H2,1-4H3. The molecule has 2 aromatic rings. The highest BCUT2D eigenvalue weighted by atomic mass is 16.5. The van der Waals surface area contributed by atoms with E-state index in [1.807, 2.05) is 19.9 Å². The van der Waals surface area contributed by atoms with Gasteiger partial charge in [-0.1, -0.05) is 6.92 Å². The van der Waals surface area contributed by atoms with Gasteiger partial charge in [0.25, 0.3) is 0 Å². The van der Waals surface area contributed by atoms with Gasteiger partial charge >= 0.3 is 0 Å². The third kappa shape index (κ3) is 3.52. The molecule has 1 N–H and O–H groups in total. The molecule has 2 aromatic heterocycles. The van der Waals surface area contributed by atoms with E-state index in [0.717, 1.165) is 35.6 Å². The molecule has 6 heteroatoms. The Hall–Kier alpha value is -2.08. The van der Waals surface area contributed by atoms with Crippen molar-refractivity contribution in [2.45, 2.75) is 33.2 Å². The Balaban J connectivity index is 2.49. The van der Waals surface area contributed by atoms with Crippen LogP contribution < -0.4 is 10.1 Å². The molecule has 0 bridgehead atoms. The first kappa shape index (κ1) is 15.3. The highest BCUT2D eigenvalue weighted by molar-refractivity contribution is 5.35. The van der Waals surface area contributed by atoms with Gasteiger partial charge in [-0.3, -0.25) is 4.98 Å². The predicted octanol–water partition coefficient (Wildman–Crippen LogP) is 1.98. The number of nitrogens with one attached hydrogen (secondary N) is 1. The van der Waals surface area contributed by atoms with Crippen molar-refractivity contribution in [2.24, 2.45) is 0 Å². The Labute approximate surface area is 125 Å². The van der Waals surface area contributed by atoms with E-state index in [1.54, 1.807) is 19.5 Å². The van der Waals surface area contributed by atoms with Crippen LogP contribution >= 0.6 is 0 Å². The van der Waals surface area contributed by atoms with Crippen molar-refractivity contribution >= 4 is 0 Å². The van der Waals surface area contributed by atoms with Crippen molar-refractivity contribution in [1.29, 1.82) is 0 Å². The highest BCUT2D eigenvalue weighted by Gasteiger charge is 2.22. The number of methoxy groups -OCH3 is 1. The second-order valence-electron chi connectivity index (χ2n) is 4.86.